The Bertz CT molecular complexity index is 1440. The van der Waals surface area contributed by atoms with Crippen LogP contribution in [0.1, 0.15) is 56.7 Å². The number of aromatic hydroxyl groups is 1. The van der Waals surface area contributed by atoms with Gasteiger partial charge in [-0.2, -0.15) is 0 Å². The van der Waals surface area contributed by atoms with Crippen LogP contribution in [0, 0.1) is 23.7 Å². The number of benzene rings is 2. The van der Waals surface area contributed by atoms with E-state index in [4.69, 9.17) is 9.47 Å². The highest BCUT2D eigenvalue weighted by molar-refractivity contribution is 5.94. The van der Waals surface area contributed by atoms with Crippen LogP contribution in [0.15, 0.2) is 49.1 Å². The van der Waals surface area contributed by atoms with E-state index >= 15 is 0 Å². The molecule has 2 aromatic rings. The summed E-state index contributed by atoms with van der Waals surface area (Å²) in [5.41, 5.74) is 2.26. The van der Waals surface area contributed by atoms with Crippen LogP contribution in [0.5, 0.6) is 17.2 Å². The van der Waals surface area contributed by atoms with Crippen molar-refractivity contribution in [1.82, 2.24) is 9.80 Å². The molecule has 4 aliphatic rings. The van der Waals surface area contributed by atoms with Crippen LogP contribution in [0.25, 0.3) is 0 Å². The predicted octanol–water partition coefficient (Wildman–Crippen LogP) is 4.45. The van der Waals surface area contributed by atoms with Crippen molar-refractivity contribution in [3.63, 3.8) is 0 Å². The van der Waals surface area contributed by atoms with Gasteiger partial charge in [-0.15, -0.1) is 6.58 Å². The van der Waals surface area contributed by atoms with Gasteiger partial charge in [-0.3, -0.25) is 14.5 Å². The van der Waals surface area contributed by atoms with E-state index in [1.165, 1.54) is 13.0 Å². The van der Waals surface area contributed by atoms with Gasteiger partial charge in [-0.1, -0.05) is 44.0 Å². The molecule has 2 fully saturated rings. The maximum Gasteiger partial charge on any atom is 0.308 e. The van der Waals surface area contributed by atoms with E-state index < -0.39 is 11.4 Å². The summed E-state index contributed by atoms with van der Waals surface area (Å²) >= 11 is 0. The lowest BCUT2D eigenvalue weighted by Gasteiger charge is -2.60. The molecule has 2 bridgehead atoms. The van der Waals surface area contributed by atoms with Gasteiger partial charge in [0.1, 0.15) is 11.9 Å². The summed E-state index contributed by atoms with van der Waals surface area (Å²) in [5, 5.41) is 11.2. The van der Waals surface area contributed by atoms with E-state index in [2.05, 4.69) is 37.2 Å². The van der Waals surface area contributed by atoms with Gasteiger partial charge >= 0.3 is 5.97 Å². The molecule has 5 atom stereocenters. The molecule has 0 unspecified atom stereocenters. The van der Waals surface area contributed by atoms with Crippen LogP contribution < -0.4 is 9.47 Å². The standard InChI is InChI=1S/C34H38N2O5/c1-5-16-35-17-15-34-25-12-13-26(36(20-21(2)3)30(39)14-11-23-9-7-6-8-10-23)33(34)41-32-29(40-22(4)37)19-28(38)24(31(32)34)18-27(25)35/h5-10,19,21,25-27,33,38H,1,12-13,15-18,20H2,2-4H3/t25-,26+,27+,33-,34-/m0/s1. The second kappa shape index (κ2) is 10.6. The van der Waals surface area contributed by atoms with E-state index in [1.807, 2.05) is 41.3 Å². The average Bonchev–Trinajstić information content (AvgIpc) is 3.28. The Morgan fingerprint density at radius 2 is 2.07 bits per heavy atom. The number of amides is 1. The molecule has 41 heavy (non-hydrogen) atoms. The number of carbonyl (C=O) groups is 2. The highest BCUT2D eigenvalue weighted by Crippen LogP contribution is 2.65. The van der Waals surface area contributed by atoms with Gasteiger partial charge in [0.05, 0.1) is 6.04 Å². The van der Waals surface area contributed by atoms with Crippen molar-refractivity contribution in [3.05, 3.63) is 65.7 Å². The fourth-order valence-electron chi connectivity index (χ4n) is 8.07. The van der Waals surface area contributed by atoms with E-state index in [1.54, 1.807) is 0 Å². The van der Waals surface area contributed by atoms with Crippen LogP contribution in [0.4, 0.5) is 0 Å². The van der Waals surface area contributed by atoms with Gasteiger partial charge in [0.2, 0.25) is 0 Å². The minimum atomic E-state index is -0.466. The van der Waals surface area contributed by atoms with Crippen LogP contribution in [-0.4, -0.2) is 64.6 Å². The Kier molecular flexibility index (Phi) is 7.07. The van der Waals surface area contributed by atoms with Crippen molar-refractivity contribution >= 4 is 11.9 Å². The van der Waals surface area contributed by atoms with Crippen molar-refractivity contribution in [2.24, 2.45) is 11.8 Å². The summed E-state index contributed by atoms with van der Waals surface area (Å²) < 4.78 is 12.5. The molecule has 1 spiro atoms. The number of ether oxygens (including phenoxy) is 2. The number of hydrogen-bond donors (Lipinski definition) is 1. The van der Waals surface area contributed by atoms with Crippen molar-refractivity contribution < 1.29 is 24.2 Å². The zero-order valence-electron chi connectivity index (χ0n) is 24.1. The number of carbonyl (C=O) groups excluding carboxylic acids is 2. The second-order valence-corrected chi connectivity index (χ2v) is 12.3. The normalized spacial score (nSPS) is 27.2. The number of piperidine rings is 1. The zero-order valence-corrected chi connectivity index (χ0v) is 24.1. The number of phenolic OH excluding ortho intramolecular Hbond substituents is 1. The molecule has 0 aromatic heterocycles. The molecule has 0 radical (unpaired) electrons. The third-order valence-corrected chi connectivity index (χ3v) is 9.42. The minimum Gasteiger partial charge on any atom is -0.508 e. The first kappa shape index (κ1) is 27.4. The first-order valence-corrected chi connectivity index (χ1v) is 14.7. The van der Waals surface area contributed by atoms with Gasteiger partial charge in [-0.05, 0) is 56.2 Å². The first-order chi connectivity index (χ1) is 19.7. The van der Waals surface area contributed by atoms with Gasteiger partial charge in [0.25, 0.3) is 5.91 Å². The Morgan fingerprint density at radius 3 is 2.78 bits per heavy atom. The predicted molar refractivity (Wildman–Crippen MR) is 156 cm³/mol. The molecule has 2 aliphatic carbocycles. The van der Waals surface area contributed by atoms with Crippen molar-refractivity contribution in [3.8, 4) is 29.1 Å². The topological polar surface area (TPSA) is 79.3 Å². The van der Waals surface area contributed by atoms with Gasteiger partial charge in [0.15, 0.2) is 11.5 Å². The lowest BCUT2D eigenvalue weighted by Crippen LogP contribution is -2.69. The summed E-state index contributed by atoms with van der Waals surface area (Å²) in [4.78, 5) is 30.3. The number of likely N-dealkylation sites (tertiary alicyclic amines) is 1. The van der Waals surface area contributed by atoms with Crippen molar-refractivity contribution in [2.75, 3.05) is 19.6 Å². The molecular formula is C34H38N2O5. The molecule has 1 N–H and O–H groups in total. The molecule has 6 rings (SSSR count). The highest BCUT2D eigenvalue weighted by Gasteiger charge is 2.67. The number of esters is 1. The smallest absolute Gasteiger partial charge is 0.308 e. The summed E-state index contributed by atoms with van der Waals surface area (Å²) in [6.45, 7) is 11.8. The molecular weight excluding hydrogens is 516 g/mol. The quantitative estimate of drug-likeness (QED) is 0.246. The Morgan fingerprint density at radius 1 is 1.29 bits per heavy atom. The Labute approximate surface area is 242 Å². The lowest BCUT2D eigenvalue weighted by molar-refractivity contribution is -0.137. The van der Waals surface area contributed by atoms with Crippen LogP contribution in [-0.2, 0) is 21.4 Å². The van der Waals surface area contributed by atoms with Crippen LogP contribution in [0.3, 0.4) is 0 Å². The van der Waals surface area contributed by atoms with E-state index in [9.17, 15) is 14.7 Å². The number of rotatable bonds is 6. The number of hydrogen-bond acceptors (Lipinski definition) is 6. The lowest BCUT2D eigenvalue weighted by atomic mass is 9.50. The first-order valence-electron chi connectivity index (χ1n) is 14.7. The fraction of sp³-hybridized carbons (Fsp3) is 0.471. The molecule has 214 valence electrons. The maximum atomic E-state index is 13.8. The third-order valence-electron chi connectivity index (χ3n) is 9.42. The van der Waals surface area contributed by atoms with Crippen LogP contribution >= 0.6 is 0 Å². The Balaban J connectivity index is 1.46. The van der Waals surface area contributed by atoms with Crippen molar-refractivity contribution in [1.29, 1.82) is 0 Å². The molecule has 1 saturated carbocycles. The number of nitrogens with zero attached hydrogens (tertiary/aromatic N) is 2. The molecule has 1 saturated heterocycles. The second-order valence-electron chi connectivity index (χ2n) is 12.3. The monoisotopic (exact) mass is 554 g/mol. The van der Waals surface area contributed by atoms with Gasteiger partial charge in [0, 0.05) is 60.1 Å². The van der Waals surface area contributed by atoms with E-state index in [0.717, 1.165) is 49.0 Å². The fourth-order valence-corrected chi connectivity index (χ4v) is 8.07. The summed E-state index contributed by atoms with van der Waals surface area (Å²) in [6.07, 6.45) is 4.86. The molecule has 2 aliphatic heterocycles. The Hall–Kier alpha value is -3.76. The zero-order chi connectivity index (χ0) is 28.9. The summed E-state index contributed by atoms with van der Waals surface area (Å²) in [6, 6.07) is 11.1. The summed E-state index contributed by atoms with van der Waals surface area (Å²) in [7, 11) is 0. The molecule has 2 heterocycles. The molecule has 7 heteroatoms. The number of phenols is 1. The van der Waals surface area contributed by atoms with E-state index in [0.29, 0.717) is 18.7 Å². The van der Waals surface area contributed by atoms with Crippen molar-refractivity contribution in [2.45, 2.75) is 70.1 Å². The highest BCUT2D eigenvalue weighted by atomic mass is 16.6. The maximum absolute atomic E-state index is 13.8. The SMILES string of the molecule is C=CCN1CC[C@]23c4c5c(O)cc(OC(C)=O)c4O[C@H]2[C@H](N(CC(C)C)C(=O)C#Cc2ccccc2)CC[C@H]3[C@H]1C5. The molecule has 2 aromatic carbocycles. The molecule has 7 nitrogen and oxygen atoms in total. The minimum absolute atomic E-state index is 0.137. The van der Waals surface area contributed by atoms with E-state index in [-0.39, 0.29) is 47.4 Å². The van der Waals surface area contributed by atoms with Gasteiger partial charge < -0.3 is 19.5 Å². The average molecular weight is 555 g/mol. The summed E-state index contributed by atoms with van der Waals surface area (Å²) in [5.74, 6) is 6.76. The van der Waals surface area contributed by atoms with Crippen LogP contribution in [0.2, 0.25) is 0 Å². The van der Waals surface area contributed by atoms with Gasteiger partial charge in [-0.25, -0.2) is 0 Å². The largest absolute Gasteiger partial charge is 0.508 e. The third kappa shape index (κ3) is 4.49. The molecule has 1 amide bonds.